The summed E-state index contributed by atoms with van der Waals surface area (Å²) < 4.78 is 0. The van der Waals surface area contributed by atoms with E-state index in [9.17, 15) is 9.59 Å². The Balaban J connectivity index is 1.75. The topological polar surface area (TPSA) is 58.2 Å². The fourth-order valence-electron chi connectivity index (χ4n) is 2.90. The highest BCUT2D eigenvalue weighted by atomic mass is 35.5. The van der Waals surface area contributed by atoms with Gasteiger partial charge in [-0.15, -0.1) is 0 Å². The number of hydrogen-bond donors (Lipinski definition) is 2. The number of carbonyl (C=O) groups excluding carboxylic acids is 2. The molecule has 0 aromatic heterocycles. The van der Waals surface area contributed by atoms with E-state index in [4.69, 9.17) is 11.6 Å². The lowest BCUT2D eigenvalue weighted by Gasteiger charge is -2.18. The molecule has 1 aliphatic rings. The van der Waals surface area contributed by atoms with Crippen molar-refractivity contribution >= 4 is 34.8 Å². The van der Waals surface area contributed by atoms with Crippen LogP contribution in [0.1, 0.15) is 30.9 Å². The number of benzene rings is 2. The molecular weight excluding hydrogens is 336 g/mol. The molecule has 0 aliphatic heterocycles. The zero-order chi connectivity index (χ0) is 18.0. The highest BCUT2D eigenvalue weighted by molar-refractivity contribution is 6.30. The Bertz CT molecular complexity index is 811. The Kier molecular flexibility index (Phi) is 4.82. The van der Waals surface area contributed by atoms with E-state index in [1.807, 2.05) is 32.0 Å². The number of nitrogens with one attached hydrogen (secondary N) is 2. The molecular formula is C20H21ClN2O2. The number of anilines is 2. The van der Waals surface area contributed by atoms with Crippen LogP contribution in [0.25, 0.3) is 0 Å². The maximum atomic E-state index is 12.8. The molecule has 2 aromatic rings. The van der Waals surface area contributed by atoms with Gasteiger partial charge in [-0.05, 0) is 61.6 Å². The first kappa shape index (κ1) is 17.5. The van der Waals surface area contributed by atoms with Crippen LogP contribution in [0.15, 0.2) is 42.5 Å². The molecule has 0 saturated heterocycles. The van der Waals surface area contributed by atoms with Crippen molar-refractivity contribution in [3.63, 3.8) is 0 Å². The van der Waals surface area contributed by atoms with Crippen molar-refractivity contribution in [1.82, 2.24) is 0 Å². The van der Waals surface area contributed by atoms with Gasteiger partial charge in [-0.2, -0.15) is 0 Å². The fourth-order valence-corrected chi connectivity index (χ4v) is 3.03. The van der Waals surface area contributed by atoms with Gasteiger partial charge in [0, 0.05) is 16.4 Å². The average Bonchev–Trinajstić information content (AvgIpc) is 3.40. The standard InChI is InChI=1S/C20H21ClN2O2/c1-3-14-6-4-5-13(2)17(14)23-19(25)20(11-12-20)18(24)22-16-9-7-15(21)8-10-16/h4-10H,3,11-12H2,1-2H3,(H,22,24)(H,23,25). The number of aryl methyl sites for hydroxylation is 2. The van der Waals surface area contributed by atoms with E-state index in [-0.39, 0.29) is 11.8 Å². The molecule has 2 amide bonds. The maximum Gasteiger partial charge on any atom is 0.240 e. The number of para-hydroxylation sites is 1. The van der Waals surface area contributed by atoms with Crippen LogP contribution in [-0.2, 0) is 16.0 Å². The molecule has 0 spiro atoms. The van der Waals surface area contributed by atoms with Crippen LogP contribution in [0, 0.1) is 12.3 Å². The summed E-state index contributed by atoms with van der Waals surface area (Å²) in [6.45, 7) is 4.01. The summed E-state index contributed by atoms with van der Waals surface area (Å²) in [5, 5.41) is 6.41. The molecule has 25 heavy (non-hydrogen) atoms. The van der Waals surface area contributed by atoms with Crippen molar-refractivity contribution in [2.45, 2.75) is 33.1 Å². The van der Waals surface area contributed by atoms with Crippen molar-refractivity contribution in [2.24, 2.45) is 5.41 Å². The van der Waals surface area contributed by atoms with E-state index in [0.717, 1.165) is 23.2 Å². The molecule has 0 atom stereocenters. The number of amides is 2. The zero-order valence-corrected chi connectivity index (χ0v) is 15.1. The van der Waals surface area contributed by atoms with E-state index >= 15 is 0 Å². The number of carbonyl (C=O) groups is 2. The first-order valence-corrected chi connectivity index (χ1v) is 8.81. The van der Waals surface area contributed by atoms with Crippen LogP contribution < -0.4 is 10.6 Å². The Morgan fingerprint density at radius 2 is 1.68 bits per heavy atom. The van der Waals surface area contributed by atoms with Gasteiger partial charge in [0.25, 0.3) is 0 Å². The minimum Gasteiger partial charge on any atom is -0.325 e. The molecule has 0 heterocycles. The second kappa shape index (κ2) is 6.89. The van der Waals surface area contributed by atoms with Gasteiger partial charge in [-0.25, -0.2) is 0 Å². The predicted molar refractivity (Wildman–Crippen MR) is 101 cm³/mol. The largest absolute Gasteiger partial charge is 0.325 e. The summed E-state index contributed by atoms with van der Waals surface area (Å²) in [5.74, 6) is -0.498. The van der Waals surface area contributed by atoms with Gasteiger partial charge in [-0.3, -0.25) is 9.59 Å². The minimum absolute atomic E-state index is 0.233. The molecule has 5 heteroatoms. The molecule has 0 unspecified atom stereocenters. The number of rotatable bonds is 5. The van der Waals surface area contributed by atoms with Gasteiger partial charge >= 0.3 is 0 Å². The molecule has 2 aromatic carbocycles. The van der Waals surface area contributed by atoms with Crippen LogP contribution >= 0.6 is 11.6 Å². The lowest BCUT2D eigenvalue weighted by Crippen LogP contribution is -2.36. The molecule has 0 radical (unpaired) electrons. The van der Waals surface area contributed by atoms with Gasteiger partial charge in [0.1, 0.15) is 5.41 Å². The fraction of sp³-hybridized carbons (Fsp3) is 0.300. The Labute approximate surface area is 152 Å². The third-order valence-corrected chi connectivity index (χ3v) is 4.95. The van der Waals surface area contributed by atoms with Crippen molar-refractivity contribution < 1.29 is 9.59 Å². The van der Waals surface area contributed by atoms with Crippen LogP contribution in [0.2, 0.25) is 5.02 Å². The van der Waals surface area contributed by atoms with Crippen molar-refractivity contribution in [3.8, 4) is 0 Å². The normalized spacial score (nSPS) is 14.7. The third-order valence-electron chi connectivity index (χ3n) is 4.70. The first-order chi connectivity index (χ1) is 12.0. The molecule has 0 bridgehead atoms. The summed E-state index contributed by atoms with van der Waals surface area (Å²) in [6, 6.07) is 12.8. The molecule has 2 N–H and O–H groups in total. The quantitative estimate of drug-likeness (QED) is 0.771. The number of hydrogen-bond acceptors (Lipinski definition) is 2. The van der Waals surface area contributed by atoms with Crippen LogP contribution in [0.4, 0.5) is 11.4 Å². The average molecular weight is 357 g/mol. The first-order valence-electron chi connectivity index (χ1n) is 8.43. The van der Waals surface area contributed by atoms with Gasteiger partial charge in [0.15, 0.2) is 0 Å². The smallest absolute Gasteiger partial charge is 0.240 e. The summed E-state index contributed by atoms with van der Waals surface area (Å²) >= 11 is 5.86. The van der Waals surface area contributed by atoms with Gasteiger partial charge in [0.2, 0.25) is 11.8 Å². The Hall–Kier alpha value is -2.33. The van der Waals surface area contributed by atoms with E-state index < -0.39 is 5.41 Å². The lowest BCUT2D eigenvalue weighted by atomic mass is 10.0. The van der Waals surface area contributed by atoms with Crippen LogP contribution in [0.5, 0.6) is 0 Å². The molecule has 1 saturated carbocycles. The molecule has 130 valence electrons. The van der Waals surface area contributed by atoms with Crippen molar-refractivity contribution in [1.29, 1.82) is 0 Å². The summed E-state index contributed by atoms with van der Waals surface area (Å²) in [7, 11) is 0. The minimum atomic E-state index is -0.979. The highest BCUT2D eigenvalue weighted by Gasteiger charge is 2.56. The number of halogens is 1. The van der Waals surface area contributed by atoms with E-state index in [0.29, 0.717) is 23.6 Å². The highest BCUT2D eigenvalue weighted by Crippen LogP contribution is 2.47. The lowest BCUT2D eigenvalue weighted by molar-refractivity contribution is -0.131. The second-order valence-electron chi connectivity index (χ2n) is 6.46. The van der Waals surface area contributed by atoms with Crippen LogP contribution in [-0.4, -0.2) is 11.8 Å². The van der Waals surface area contributed by atoms with Crippen molar-refractivity contribution in [2.75, 3.05) is 10.6 Å². The zero-order valence-electron chi connectivity index (χ0n) is 14.4. The van der Waals surface area contributed by atoms with E-state index in [1.54, 1.807) is 24.3 Å². The van der Waals surface area contributed by atoms with Crippen molar-refractivity contribution in [3.05, 3.63) is 58.6 Å². The molecule has 1 fully saturated rings. The van der Waals surface area contributed by atoms with E-state index in [2.05, 4.69) is 10.6 Å². The SMILES string of the molecule is CCc1cccc(C)c1NC(=O)C1(C(=O)Nc2ccc(Cl)cc2)CC1. The molecule has 3 rings (SSSR count). The summed E-state index contributed by atoms with van der Waals surface area (Å²) in [6.07, 6.45) is 1.94. The van der Waals surface area contributed by atoms with Crippen LogP contribution in [0.3, 0.4) is 0 Å². The third kappa shape index (κ3) is 3.54. The summed E-state index contributed by atoms with van der Waals surface area (Å²) in [4.78, 5) is 25.5. The molecule has 4 nitrogen and oxygen atoms in total. The Morgan fingerprint density at radius 3 is 2.28 bits per heavy atom. The predicted octanol–water partition coefficient (Wildman–Crippen LogP) is 4.57. The summed E-state index contributed by atoms with van der Waals surface area (Å²) in [5.41, 5.74) is 2.55. The van der Waals surface area contributed by atoms with Gasteiger partial charge in [0.05, 0.1) is 0 Å². The van der Waals surface area contributed by atoms with E-state index in [1.165, 1.54) is 0 Å². The Morgan fingerprint density at radius 1 is 1.04 bits per heavy atom. The monoisotopic (exact) mass is 356 g/mol. The maximum absolute atomic E-state index is 12.8. The second-order valence-corrected chi connectivity index (χ2v) is 6.90. The van der Waals surface area contributed by atoms with Gasteiger partial charge < -0.3 is 10.6 Å². The molecule has 1 aliphatic carbocycles. The van der Waals surface area contributed by atoms with Gasteiger partial charge in [-0.1, -0.05) is 36.7 Å².